The third-order valence-electron chi connectivity index (χ3n) is 5.01. The number of aliphatic hydroxyl groups excluding tert-OH is 1. The van der Waals surface area contributed by atoms with Crippen LogP contribution in [0.3, 0.4) is 0 Å². The Bertz CT molecular complexity index is 594. The van der Waals surface area contributed by atoms with Crippen molar-refractivity contribution < 1.29 is 28.9 Å². The van der Waals surface area contributed by atoms with Crippen LogP contribution in [0.5, 0.6) is 0 Å². The average Bonchev–Trinajstić information content (AvgIpc) is 2.96. The van der Waals surface area contributed by atoms with Crippen molar-refractivity contribution in [1.29, 1.82) is 0 Å². The highest BCUT2D eigenvalue weighted by Crippen LogP contribution is 2.48. The summed E-state index contributed by atoms with van der Waals surface area (Å²) in [6, 6.07) is 0. The average molecular weight is 322 g/mol. The SMILES string of the molecule is C=C1C(=O)O[C@H]2C[C@@]3(C)O[C@H]3C[C@H](OC(C)=O)/C(C)=C/[C@@H](O)[C@H]12. The van der Waals surface area contributed by atoms with E-state index in [0.29, 0.717) is 12.8 Å². The van der Waals surface area contributed by atoms with E-state index in [1.165, 1.54) is 6.92 Å². The van der Waals surface area contributed by atoms with Crippen LogP contribution in [0.2, 0.25) is 0 Å². The van der Waals surface area contributed by atoms with Gasteiger partial charge in [-0.05, 0) is 19.4 Å². The molecule has 6 atom stereocenters. The van der Waals surface area contributed by atoms with Crippen LogP contribution in [-0.4, -0.2) is 47.1 Å². The summed E-state index contributed by atoms with van der Waals surface area (Å²) in [4.78, 5) is 23.2. The van der Waals surface area contributed by atoms with Gasteiger partial charge in [0, 0.05) is 25.3 Å². The number of aliphatic hydroxyl groups is 1. The molecule has 1 aliphatic carbocycles. The number of esters is 2. The molecule has 2 fully saturated rings. The lowest BCUT2D eigenvalue weighted by atomic mass is 9.82. The first-order valence-corrected chi connectivity index (χ1v) is 7.82. The van der Waals surface area contributed by atoms with E-state index in [-0.39, 0.29) is 17.6 Å². The topological polar surface area (TPSA) is 85.4 Å². The maximum absolute atomic E-state index is 11.8. The van der Waals surface area contributed by atoms with Gasteiger partial charge in [0.1, 0.15) is 12.2 Å². The summed E-state index contributed by atoms with van der Waals surface area (Å²) in [6.45, 7) is 8.86. The third kappa shape index (κ3) is 2.93. The van der Waals surface area contributed by atoms with Crippen molar-refractivity contribution >= 4 is 11.9 Å². The maximum Gasteiger partial charge on any atom is 0.334 e. The minimum Gasteiger partial charge on any atom is -0.458 e. The van der Waals surface area contributed by atoms with E-state index in [1.54, 1.807) is 13.0 Å². The van der Waals surface area contributed by atoms with Crippen LogP contribution in [-0.2, 0) is 23.8 Å². The Labute approximate surface area is 135 Å². The highest BCUT2D eigenvalue weighted by molar-refractivity contribution is 5.91. The Hall–Kier alpha value is -1.66. The Morgan fingerprint density at radius 3 is 2.87 bits per heavy atom. The quantitative estimate of drug-likeness (QED) is 0.339. The van der Waals surface area contributed by atoms with Crippen molar-refractivity contribution in [3.63, 3.8) is 0 Å². The van der Waals surface area contributed by atoms with Gasteiger partial charge in [-0.15, -0.1) is 0 Å². The minimum atomic E-state index is -0.920. The molecule has 0 bridgehead atoms. The van der Waals surface area contributed by atoms with Crippen LogP contribution >= 0.6 is 0 Å². The molecular formula is C17H22O6. The van der Waals surface area contributed by atoms with Crippen molar-refractivity contribution in [3.8, 4) is 0 Å². The molecule has 126 valence electrons. The smallest absolute Gasteiger partial charge is 0.334 e. The molecule has 0 radical (unpaired) electrons. The van der Waals surface area contributed by atoms with E-state index in [1.807, 2.05) is 6.92 Å². The zero-order valence-corrected chi connectivity index (χ0v) is 13.6. The molecule has 6 nitrogen and oxygen atoms in total. The fourth-order valence-electron chi connectivity index (χ4n) is 3.61. The molecule has 3 aliphatic rings. The molecule has 2 aliphatic heterocycles. The lowest BCUT2D eigenvalue weighted by Crippen LogP contribution is -2.34. The van der Waals surface area contributed by atoms with E-state index in [9.17, 15) is 14.7 Å². The van der Waals surface area contributed by atoms with Crippen LogP contribution in [0.15, 0.2) is 23.8 Å². The summed E-state index contributed by atoms with van der Waals surface area (Å²) >= 11 is 0. The zero-order valence-electron chi connectivity index (χ0n) is 13.6. The molecule has 0 saturated carbocycles. The van der Waals surface area contributed by atoms with Gasteiger partial charge in [0.25, 0.3) is 0 Å². The fourth-order valence-corrected chi connectivity index (χ4v) is 3.61. The molecule has 0 amide bonds. The van der Waals surface area contributed by atoms with Crippen molar-refractivity contribution in [2.24, 2.45) is 5.92 Å². The van der Waals surface area contributed by atoms with Crippen LogP contribution in [0, 0.1) is 5.92 Å². The van der Waals surface area contributed by atoms with Crippen molar-refractivity contribution in [2.45, 2.75) is 63.6 Å². The van der Waals surface area contributed by atoms with Crippen LogP contribution < -0.4 is 0 Å². The van der Waals surface area contributed by atoms with Gasteiger partial charge in [-0.25, -0.2) is 4.79 Å². The number of carbonyl (C=O) groups is 2. The summed E-state index contributed by atoms with van der Waals surface area (Å²) in [7, 11) is 0. The summed E-state index contributed by atoms with van der Waals surface area (Å²) in [5.74, 6) is -1.35. The minimum absolute atomic E-state index is 0.0707. The second-order valence-electron chi connectivity index (χ2n) is 6.85. The first kappa shape index (κ1) is 16.2. The number of ether oxygens (including phenoxy) is 3. The van der Waals surface area contributed by atoms with Crippen LogP contribution in [0.1, 0.15) is 33.6 Å². The largest absolute Gasteiger partial charge is 0.458 e. The Morgan fingerprint density at radius 2 is 2.22 bits per heavy atom. The van der Waals surface area contributed by atoms with E-state index in [2.05, 4.69) is 6.58 Å². The van der Waals surface area contributed by atoms with Crippen molar-refractivity contribution in [2.75, 3.05) is 0 Å². The zero-order chi connectivity index (χ0) is 16.9. The second kappa shape index (κ2) is 5.46. The number of hydrogen-bond donors (Lipinski definition) is 1. The van der Waals surface area contributed by atoms with Gasteiger partial charge in [-0.2, -0.15) is 0 Å². The number of hydrogen-bond acceptors (Lipinski definition) is 6. The van der Waals surface area contributed by atoms with Gasteiger partial charge < -0.3 is 19.3 Å². The molecule has 0 aromatic carbocycles. The van der Waals surface area contributed by atoms with Crippen molar-refractivity contribution in [3.05, 3.63) is 23.8 Å². The van der Waals surface area contributed by atoms with E-state index in [4.69, 9.17) is 14.2 Å². The predicted molar refractivity (Wildman–Crippen MR) is 80.3 cm³/mol. The fraction of sp³-hybridized carbons (Fsp3) is 0.647. The normalized spacial score (nSPS) is 45.2. The molecule has 2 saturated heterocycles. The Kier molecular flexibility index (Phi) is 3.84. The summed E-state index contributed by atoms with van der Waals surface area (Å²) in [5.41, 5.74) is 0.569. The number of fused-ring (bicyclic) bond motifs is 2. The molecule has 0 spiro atoms. The molecule has 6 heteroatoms. The van der Waals surface area contributed by atoms with Gasteiger partial charge >= 0.3 is 11.9 Å². The van der Waals surface area contributed by atoms with Crippen LogP contribution in [0.25, 0.3) is 0 Å². The molecule has 1 N–H and O–H groups in total. The molecule has 2 heterocycles. The molecule has 23 heavy (non-hydrogen) atoms. The molecule has 0 aromatic heterocycles. The predicted octanol–water partition coefficient (Wildman–Crippen LogP) is 1.27. The maximum atomic E-state index is 11.8. The molecule has 0 aromatic rings. The summed E-state index contributed by atoms with van der Waals surface area (Å²) in [5, 5.41) is 10.5. The molecule has 3 rings (SSSR count). The second-order valence-corrected chi connectivity index (χ2v) is 6.85. The number of rotatable bonds is 1. The third-order valence-corrected chi connectivity index (χ3v) is 5.01. The van der Waals surface area contributed by atoms with E-state index < -0.39 is 35.8 Å². The summed E-state index contributed by atoms with van der Waals surface area (Å²) < 4.78 is 16.5. The van der Waals surface area contributed by atoms with Crippen LogP contribution in [0.4, 0.5) is 0 Å². The van der Waals surface area contributed by atoms with Gasteiger partial charge in [0.2, 0.25) is 0 Å². The van der Waals surface area contributed by atoms with E-state index in [0.717, 1.165) is 5.57 Å². The van der Waals surface area contributed by atoms with Gasteiger partial charge in [0.15, 0.2) is 0 Å². The monoisotopic (exact) mass is 322 g/mol. The van der Waals surface area contributed by atoms with E-state index >= 15 is 0 Å². The Morgan fingerprint density at radius 1 is 1.52 bits per heavy atom. The van der Waals surface area contributed by atoms with Gasteiger partial charge in [0.05, 0.1) is 23.7 Å². The highest BCUT2D eigenvalue weighted by Gasteiger charge is 2.58. The van der Waals surface area contributed by atoms with Crippen molar-refractivity contribution in [1.82, 2.24) is 0 Å². The number of carbonyl (C=O) groups excluding carboxylic acids is 2. The first-order valence-electron chi connectivity index (χ1n) is 7.82. The summed E-state index contributed by atoms with van der Waals surface area (Å²) in [6.07, 6.45) is 0.755. The Balaban J connectivity index is 1.94. The molecular weight excluding hydrogens is 300 g/mol. The number of epoxide rings is 1. The lowest BCUT2D eigenvalue weighted by molar-refractivity contribution is -0.145. The lowest BCUT2D eigenvalue weighted by Gasteiger charge is -2.26. The standard InChI is InChI=1S/C17H22O6/c1-8-5-11(19)15-9(2)16(20)22-13(15)7-17(4)14(23-17)6-12(8)21-10(3)18/h5,11-15,19H,2,6-7H2,1,3-4H3/b8-5+/t11-,12+,13+,14+,15+,17-/m1/s1. The van der Waals surface area contributed by atoms with Gasteiger partial charge in [-0.1, -0.05) is 12.7 Å². The van der Waals surface area contributed by atoms with Gasteiger partial charge in [-0.3, -0.25) is 4.79 Å². The highest BCUT2D eigenvalue weighted by atomic mass is 16.6. The first-order chi connectivity index (χ1) is 10.7. The molecule has 0 unspecified atom stereocenters.